The van der Waals surface area contributed by atoms with Crippen molar-refractivity contribution in [1.29, 1.82) is 0 Å². The highest BCUT2D eigenvalue weighted by molar-refractivity contribution is 7.98. The van der Waals surface area contributed by atoms with Crippen molar-refractivity contribution in [2.24, 2.45) is 0 Å². The number of nitrogens with zero attached hydrogens (tertiary/aromatic N) is 3. The molecule has 0 spiro atoms. The molecule has 0 unspecified atom stereocenters. The van der Waals surface area contributed by atoms with E-state index in [1.54, 1.807) is 11.5 Å². The Balaban J connectivity index is 2.18. The zero-order valence-corrected chi connectivity index (χ0v) is 11.8. The van der Waals surface area contributed by atoms with E-state index in [1.807, 2.05) is 13.8 Å². The second-order valence-corrected chi connectivity index (χ2v) is 5.43. The molecular weight excluding hydrogens is 267 g/mol. The first-order valence-corrected chi connectivity index (χ1v) is 6.88. The van der Waals surface area contributed by atoms with Crippen LogP contribution in [0.25, 0.3) is 0 Å². The third kappa shape index (κ3) is 3.23. The molecule has 2 heterocycles. The Kier molecular flexibility index (Phi) is 4.04. The van der Waals surface area contributed by atoms with E-state index in [9.17, 15) is 9.18 Å². The fraction of sp³-hybridized carbons (Fsp3) is 0.417. The van der Waals surface area contributed by atoms with Crippen LogP contribution in [0.4, 0.5) is 4.39 Å². The van der Waals surface area contributed by atoms with Crippen LogP contribution in [0.15, 0.2) is 22.3 Å². The third-order valence-corrected chi connectivity index (χ3v) is 3.48. The molecule has 0 amide bonds. The van der Waals surface area contributed by atoms with E-state index in [2.05, 4.69) is 15.0 Å². The van der Waals surface area contributed by atoms with Crippen molar-refractivity contribution in [3.63, 3.8) is 0 Å². The molecule has 102 valence electrons. The van der Waals surface area contributed by atoms with E-state index >= 15 is 0 Å². The number of aromatic nitrogens is 4. The molecule has 0 aliphatic heterocycles. The van der Waals surface area contributed by atoms with E-state index in [0.717, 1.165) is 0 Å². The topological polar surface area (TPSA) is 63.6 Å². The van der Waals surface area contributed by atoms with Gasteiger partial charge in [-0.15, -0.1) is 0 Å². The van der Waals surface area contributed by atoms with Crippen LogP contribution in [-0.4, -0.2) is 19.5 Å². The van der Waals surface area contributed by atoms with Crippen LogP contribution in [0.5, 0.6) is 0 Å². The molecule has 0 aromatic carbocycles. The Morgan fingerprint density at radius 3 is 2.89 bits per heavy atom. The zero-order valence-electron chi connectivity index (χ0n) is 11.0. The standard InChI is InChI=1S/C12H15FN4OS/c1-7(2)17-6-14-11(13)9(17)5-19-12-15-8(3)4-10(18)16-12/h4,6-7H,5H2,1-3H3,(H,15,16,18). The van der Waals surface area contributed by atoms with E-state index in [0.29, 0.717) is 22.3 Å². The molecule has 0 atom stereocenters. The van der Waals surface area contributed by atoms with Crippen molar-refractivity contribution in [3.8, 4) is 0 Å². The van der Waals surface area contributed by atoms with Gasteiger partial charge in [-0.1, -0.05) is 11.8 Å². The van der Waals surface area contributed by atoms with Crippen molar-refractivity contribution < 1.29 is 4.39 Å². The second kappa shape index (κ2) is 5.56. The van der Waals surface area contributed by atoms with Gasteiger partial charge in [0.1, 0.15) is 0 Å². The number of nitrogens with one attached hydrogen (secondary N) is 1. The van der Waals surface area contributed by atoms with Crippen LogP contribution in [0.3, 0.4) is 0 Å². The second-order valence-electron chi connectivity index (χ2n) is 4.46. The molecule has 0 aliphatic carbocycles. The number of aryl methyl sites for hydroxylation is 1. The van der Waals surface area contributed by atoms with Crippen molar-refractivity contribution in [2.75, 3.05) is 0 Å². The Morgan fingerprint density at radius 2 is 2.26 bits per heavy atom. The van der Waals surface area contributed by atoms with Crippen molar-refractivity contribution in [2.45, 2.75) is 37.7 Å². The van der Waals surface area contributed by atoms with Crippen molar-refractivity contribution >= 4 is 11.8 Å². The fourth-order valence-electron chi connectivity index (χ4n) is 1.70. The molecule has 2 rings (SSSR count). The Morgan fingerprint density at radius 1 is 1.53 bits per heavy atom. The van der Waals surface area contributed by atoms with Crippen molar-refractivity contribution in [1.82, 2.24) is 19.5 Å². The average molecular weight is 282 g/mol. The van der Waals surface area contributed by atoms with E-state index in [-0.39, 0.29) is 11.6 Å². The molecule has 0 saturated heterocycles. The van der Waals surface area contributed by atoms with E-state index < -0.39 is 5.95 Å². The van der Waals surface area contributed by atoms with Crippen LogP contribution in [0.1, 0.15) is 31.3 Å². The van der Waals surface area contributed by atoms with Gasteiger partial charge in [-0.25, -0.2) is 9.97 Å². The Hall–Kier alpha value is -1.63. The molecule has 2 aromatic heterocycles. The number of imidazole rings is 1. The molecule has 19 heavy (non-hydrogen) atoms. The number of hydrogen-bond donors (Lipinski definition) is 1. The molecule has 0 radical (unpaired) electrons. The number of H-pyrrole nitrogens is 1. The van der Waals surface area contributed by atoms with Crippen LogP contribution >= 0.6 is 11.8 Å². The third-order valence-electron chi connectivity index (χ3n) is 2.60. The lowest BCUT2D eigenvalue weighted by molar-refractivity contribution is 0.548. The summed E-state index contributed by atoms with van der Waals surface area (Å²) in [4.78, 5) is 21.8. The summed E-state index contributed by atoms with van der Waals surface area (Å²) in [5.41, 5.74) is 0.945. The average Bonchev–Trinajstić information content (AvgIpc) is 2.67. The van der Waals surface area contributed by atoms with Crippen LogP contribution in [0.2, 0.25) is 0 Å². The number of thioether (sulfide) groups is 1. The molecule has 0 fully saturated rings. The Bertz CT molecular complexity index is 635. The first-order valence-electron chi connectivity index (χ1n) is 5.89. The van der Waals surface area contributed by atoms with Gasteiger partial charge in [-0.2, -0.15) is 4.39 Å². The summed E-state index contributed by atoms with van der Waals surface area (Å²) >= 11 is 1.28. The predicted octanol–water partition coefficient (Wildman–Crippen LogP) is 2.29. The number of hydrogen-bond acceptors (Lipinski definition) is 4. The minimum Gasteiger partial charge on any atom is -0.329 e. The van der Waals surface area contributed by atoms with Gasteiger partial charge in [-0.3, -0.25) is 4.79 Å². The van der Waals surface area contributed by atoms with Gasteiger partial charge in [0.2, 0.25) is 5.95 Å². The number of halogens is 1. The monoisotopic (exact) mass is 282 g/mol. The van der Waals surface area contributed by atoms with E-state index in [4.69, 9.17) is 0 Å². The van der Waals surface area contributed by atoms with Gasteiger partial charge in [0.05, 0.1) is 12.0 Å². The largest absolute Gasteiger partial charge is 0.329 e. The lowest BCUT2D eigenvalue weighted by Crippen LogP contribution is -2.09. The predicted molar refractivity (Wildman–Crippen MR) is 71.7 cm³/mol. The maximum absolute atomic E-state index is 13.6. The van der Waals surface area contributed by atoms with Crippen molar-refractivity contribution in [3.05, 3.63) is 40.1 Å². The highest BCUT2D eigenvalue weighted by Gasteiger charge is 2.13. The summed E-state index contributed by atoms with van der Waals surface area (Å²) in [6.45, 7) is 5.67. The van der Waals surface area contributed by atoms with Gasteiger partial charge in [-0.05, 0) is 20.8 Å². The number of rotatable bonds is 4. The van der Waals surface area contributed by atoms with Gasteiger partial charge in [0.25, 0.3) is 5.56 Å². The lowest BCUT2D eigenvalue weighted by Gasteiger charge is -2.11. The minimum absolute atomic E-state index is 0.136. The molecule has 5 nitrogen and oxygen atoms in total. The first-order chi connectivity index (χ1) is 8.97. The summed E-state index contributed by atoms with van der Waals surface area (Å²) in [5, 5.41) is 0.487. The van der Waals surface area contributed by atoms with E-state index in [1.165, 1.54) is 24.2 Å². The first kappa shape index (κ1) is 13.8. The highest BCUT2D eigenvalue weighted by Crippen LogP contribution is 2.22. The number of aromatic amines is 1. The SMILES string of the molecule is Cc1cc(=O)[nH]c(SCc2c(F)ncn2C(C)C)n1. The molecule has 0 aliphatic rings. The van der Waals surface area contributed by atoms with Crippen LogP contribution in [-0.2, 0) is 5.75 Å². The zero-order chi connectivity index (χ0) is 14.0. The molecule has 7 heteroatoms. The fourth-order valence-corrected chi connectivity index (χ4v) is 2.62. The quantitative estimate of drug-likeness (QED) is 0.690. The molecule has 1 N–H and O–H groups in total. The van der Waals surface area contributed by atoms with Crippen LogP contribution in [0, 0.1) is 12.9 Å². The summed E-state index contributed by atoms with van der Waals surface area (Å²) in [6.07, 6.45) is 1.49. The van der Waals surface area contributed by atoms with Crippen LogP contribution < -0.4 is 5.56 Å². The highest BCUT2D eigenvalue weighted by atomic mass is 32.2. The molecule has 0 bridgehead atoms. The van der Waals surface area contributed by atoms with Gasteiger partial charge in [0, 0.05) is 23.6 Å². The maximum atomic E-state index is 13.6. The molecule has 2 aromatic rings. The summed E-state index contributed by atoms with van der Waals surface area (Å²) in [6, 6.07) is 1.56. The molecular formula is C12H15FN4OS. The normalized spacial score (nSPS) is 11.2. The lowest BCUT2D eigenvalue weighted by atomic mass is 10.3. The minimum atomic E-state index is -0.476. The molecule has 0 saturated carbocycles. The maximum Gasteiger partial charge on any atom is 0.251 e. The van der Waals surface area contributed by atoms with Gasteiger partial charge >= 0.3 is 0 Å². The van der Waals surface area contributed by atoms with Gasteiger partial charge < -0.3 is 9.55 Å². The summed E-state index contributed by atoms with van der Waals surface area (Å²) in [5.74, 6) is -0.104. The summed E-state index contributed by atoms with van der Waals surface area (Å²) in [7, 11) is 0. The van der Waals surface area contributed by atoms with Gasteiger partial charge in [0.15, 0.2) is 5.16 Å². The smallest absolute Gasteiger partial charge is 0.251 e. The Labute approximate surface area is 114 Å². The summed E-state index contributed by atoms with van der Waals surface area (Å²) < 4.78 is 15.4.